The zero-order valence-electron chi connectivity index (χ0n) is 15.9. The molecular weight excluding hydrogens is 416 g/mol. The molecule has 8 heteroatoms. The van der Waals surface area contributed by atoms with Crippen LogP contribution in [0, 0.1) is 0 Å². The summed E-state index contributed by atoms with van der Waals surface area (Å²) in [4.78, 5) is 18.2. The Morgan fingerprint density at radius 2 is 1.97 bits per heavy atom. The molecule has 0 aliphatic heterocycles. The highest BCUT2D eigenvalue weighted by Gasteiger charge is 2.14. The average Bonchev–Trinajstić information content (AvgIpc) is 3.45. The number of imidazole rings is 1. The van der Waals surface area contributed by atoms with Crippen molar-refractivity contribution in [2.45, 2.75) is 6.54 Å². The maximum absolute atomic E-state index is 6.46. The van der Waals surface area contributed by atoms with Gasteiger partial charge in [0, 0.05) is 42.6 Å². The number of anilines is 1. The van der Waals surface area contributed by atoms with E-state index in [-0.39, 0.29) is 0 Å². The molecule has 1 N–H and O–H groups in total. The first kappa shape index (κ1) is 18.7. The lowest BCUT2D eigenvalue weighted by Crippen LogP contribution is -2.11. The van der Waals surface area contributed by atoms with E-state index in [1.54, 1.807) is 30.1 Å². The molecule has 0 atom stereocenters. The SMILES string of the molecule is Clc1cnc(NCCn2ccnc2)nc1-c1cc2cccc(-c3ccncc3)c2s1. The van der Waals surface area contributed by atoms with Crippen molar-refractivity contribution in [1.29, 1.82) is 0 Å². The van der Waals surface area contributed by atoms with Crippen molar-refractivity contribution in [3.05, 3.63) is 78.7 Å². The van der Waals surface area contributed by atoms with Crippen LogP contribution in [-0.4, -0.2) is 31.0 Å². The number of fused-ring (bicyclic) bond motifs is 1. The van der Waals surface area contributed by atoms with Gasteiger partial charge in [-0.15, -0.1) is 11.3 Å². The van der Waals surface area contributed by atoms with E-state index in [9.17, 15) is 0 Å². The summed E-state index contributed by atoms with van der Waals surface area (Å²) in [6.07, 6.45) is 10.7. The lowest BCUT2D eigenvalue weighted by molar-refractivity contribution is 0.723. The van der Waals surface area contributed by atoms with Crippen LogP contribution < -0.4 is 5.32 Å². The van der Waals surface area contributed by atoms with Crippen molar-refractivity contribution in [3.63, 3.8) is 0 Å². The van der Waals surface area contributed by atoms with Gasteiger partial charge in [0.05, 0.1) is 22.4 Å². The van der Waals surface area contributed by atoms with Crippen molar-refractivity contribution in [1.82, 2.24) is 24.5 Å². The molecule has 1 aromatic carbocycles. The van der Waals surface area contributed by atoms with Crippen molar-refractivity contribution >= 4 is 39.0 Å². The first-order valence-electron chi connectivity index (χ1n) is 9.43. The minimum absolute atomic E-state index is 0.534. The monoisotopic (exact) mass is 432 g/mol. The summed E-state index contributed by atoms with van der Waals surface area (Å²) in [6.45, 7) is 1.47. The van der Waals surface area contributed by atoms with Gasteiger partial charge in [0.25, 0.3) is 0 Å². The van der Waals surface area contributed by atoms with Crippen LogP contribution in [0.5, 0.6) is 0 Å². The number of thiophene rings is 1. The normalized spacial score (nSPS) is 11.1. The molecule has 0 unspecified atom stereocenters. The van der Waals surface area contributed by atoms with Gasteiger partial charge < -0.3 is 9.88 Å². The third-order valence-corrected chi connectivity index (χ3v) is 6.19. The fourth-order valence-corrected chi connectivity index (χ4v) is 4.73. The number of halogens is 1. The third kappa shape index (κ3) is 3.77. The van der Waals surface area contributed by atoms with Gasteiger partial charge in [-0.2, -0.15) is 0 Å². The first-order chi connectivity index (χ1) is 14.8. The van der Waals surface area contributed by atoms with E-state index in [4.69, 9.17) is 11.6 Å². The van der Waals surface area contributed by atoms with E-state index in [0.717, 1.165) is 28.1 Å². The van der Waals surface area contributed by atoms with Gasteiger partial charge >= 0.3 is 0 Å². The summed E-state index contributed by atoms with van der Waals surface area (Å²) in [6, 6.07) is 12.5. The fraction of sp³-hybridized carbons (Fsp3) is 0.0909. The van der Waals surface area contributed by atoms with Gasteiger partial charge in [0.1, 0.15) is 5.69 Å². The number of rotatable bonds is 6. The Hall–Kier alpha value is -3.29. The van der Waals surface area contributed by atoms with Crippen molar-refractivity contribution in [2.75, 3.05) is 11.9 Å². The molecule has 4 heterocycles. The van der Waals surface area contributed by atoms with Gasteiger partial charge in [-0.25, -0.2) is 15.0 Å². The number of nitrogens with one attached hydrogen (secondary N) is 1. The summed E-state index contributed by atoms with van der Waals surface area (Å²) in [5.41, 5.74) is 3.05. The lowest BCUT2D eigenvalue weighted by Gasteiger charge is -2.07. The number of pyridine rings is 1. The Bertz CT molecular complexity index is 1280. The molecule has 0 fully saturated rings. The van der Waals surface area contributed by atoms with Crippen LogP contribution in [0.3, 0.4) is 0 Å². The summed E-state index contributed by atoms with van der Waals surface area (Å²) < 4.78 is 3.19. The molecule has 0 bridgehead atoms. The van der Waals surface area contributed by atoms with Crippen molar-refractivity contribution in [2.24, 2.45) is 0 Å². The smallest absolute Gasteiger partial charge is 0.223 e. The number of hydrogen-bond acceptors (Lipinski definition) is 6. The Balaban J connectivity index is 1.46. The molecule has 6 nitrogen and oxygen atoms in total. The molecular formula is C22H17ClN6S. The van der Waals surface area contributed by atoms with Gasteiger partial charge in [0.2, 0.25) is 5.95 Å². The molecule has 0 aliphatic rings. The Labute approximate surface area is 182 Å². The van der Waals surface area contributed by atoms with E-state index in [0.29, 0.717) is 17.5 Å². The maximum Gasteiger partial charge on any atom is 0.223 e. The topological polar surface area (TPSA) is 68.5 Å². The van der Waals surface area contributed by atoms with Crippen LogP contribution >= 0.6 is 22.9 Å². The fourth-order valence-electron chi connectivity index (χ4n) is 3.28. The van der Waals surface area contributed by atoms with Crippen LogP contribution in [0.25, 0.3) is 31.8 Å². The number of benzene rings is 1. The van der Waals surface area contributed by atoms with Crippen molar-refractivity contribution in [3.8, 4) is 21.7 Å². The summed E-state index contributed by atoms with van der Waals surface area (Å²) in [5, 5.41) is 4.95. The summed E-state index contributed by atoms with van der Waals surface area (Å²) in [7, 11) is 0. The van der Waals surface area contributed by atoms with Gasteiger partial charge in [-0.3, -0.25) is 4.98 Å². The number of hydrogen-bond donors (Lipinski definition) is 1. The van der Waals surface area contributed by atoms with E-state index >= 15 is 0 Å². The Morgan fingerprint density at radius 1 is 1.07 bits per heavy atom. The molecule has 5 rings (SSSR count). The van der Waals surface area contributed by atoms with Gasteiger partial charge in [-0.05, 0) is 34.7 Å². The molecule has 148 valence electrons. The van der Waals surface area contributed by atoms with Crippen LogP contribution in [0.1, 0.15) is 0 Å². The maximum atomic E-state index is 6.46. The number of aromatic nitrogens is 5. The second kappa shape index (κ2) is 8.22. The van der Waals surface area contributed by atoms with E-state index in [2.05, 4.69) is 49.5 Å². The van der Waals surface area contributed by atoms with Crippen LogP contribution in [0.15, 0.2) is 73.7 Å². The molecule has 5 aromatic rings. The molecule has 0 aliphatic carbocycles. The molecule has 0 saturated heterocycles. The van der Waals surface area contributed by atoms with Gasteiger partial charge in [-0.1, -0.05) is 29.8 Å². The highest BCUT2D eigenvalue weighted by molar-refractivity contribution is 7.22. The molecule has 0 radical (unpaired) electrons. The second-order valence-corrected chi connectivity index (χ2v) is 8.15. The second-order valence-electron chi connectivity index (χ2n) is 6.69. The van der Waals surface area contributed by atoms with E-state index in [1.165, 1.54) is 10.3 Å². The van der Waals surface area contributed by atoms with Crippen LogP contribution in [0.2, 0.25) is 5.02 Å². The predicted molar refractivity (Wildman–Crippen MR) is 122 cm³/mol. The van der Waals surface area contributed by atoms with Crippen LogP contribution in [-0.2, 0) is 6.54 Å². The standard InChI is InChI=1S/C22H17ClN6S/c23-18-13-27-22(26-9-11-29-10-8-25-14-29)28-20(18)19-12-16-2-1-3-17(21(16)30-19)15-4-6-24-7-5-15/h1-8,10,12-14H,9,11H2,(H,26,27,28). The van der Waals surface area contributed by atoms with E-state index < -0.39 is 0 Å². The largest absolute Gasteiger partial charge is 0.352 e. The Morgan fingerprint density at radius 3 is 2.80 bits per heavy atom. The van der Waals surface area contributed by atoms with E-state index in [1.807, 2.05) is 35.3 Å². The quantitative estimate of drug-likeness (QED) is 0.390. The molecule has 0 spiro atoms. The Kier molecular flexibility index (Phi) is 5.13. The van der Waals surface area contributed by atoms with Crippen molar-refractivity contribution < 1.29 is 0 Å². The van der Waals surface area contributed by atoms with Gasteiger partial charge in [0.15, 0.2) is 0 Å². The zero-order valence-corrected chi connectivity index (χ0v) is 17.4. The van der Waals surface area contributed by atoms with Crippen LogP contribution in [0.4, 0.5) is 5.95 Å². The highest BCUT2D eigenvalue weighted by Crippen LogP contribution is 2.40. The molecule has 30 heavy (non-hydrogen) atoms. The summed E-state index contributed by atoms with van der Waals surface area (Å²) in [5.74, 6) is 0.557. The molecule has 0 saturated carbocycles. The minimum Gasteiger partial charge on any atom is -0.352 e. The zero-order chi connectivity index (χ0) is 20.3. The predicted octanol–water partition coefficient (Wildman–Crippen LogP) is 5.38. The number of nitrogens with zero attached hydrogens (tertiary/aromatic N) is 5. The first-order valence-corrected chi connectivity index (χ1v) is 10.6. The lowest BCUT2D eigenvalue weighted by atomic mass is 10.1. The molecule has 4 aromatic heterocycles. The molecule has 0 amide bonds. The minimum atomic E-state index is 0.534. The highest BCUT2D eigenvalue weighted by atomic mass is 35.5. The third-order valence-electron chi connectivity index (χ3n) is 4.73. The summed E-state index contributed by atoms with van der Waals surface area (Å²) >= 11 is 8.14. The average molecular weight is 433 g/mol.